The molecule has 1 aromatic heterocycles. The molecule has 0 atom stereocenters. The van der Waals surface area contributed by atoms with E-state index in [4.69, 9.17) is 4.74 Å². The lowest BCUT2D eigenvalue weighted by Crippen LogP contribution is -2.26. The minimum Gasteiger partial charge on any atom is -0.497 e. The summed E-state index contributed by atoms with van der Waals surface area (Å²) >= 11 is 0. The number of hydrogen-bond donors (Lipinski definition) is 2. The number of ether oxygens (including phenoxy) is 1. The largest absolute Gasteiger partial charge is 0.497 e. The van der Waals surface area contributed by atoms with Crippen molar-refractivity contribution in [2.45, 2.75) is 38.5 Å². The number of hydrogen-bond acceptors (Lipinski definition) is 5. The van der Waals surface area contributed by atoms with Gasteiger partial charge in [-0.15, -0.1) is 0 Å². The van der Waals surface area contributed by atoms with Crippen LogP contribution in [0.1, 0.15) is 48.2 Å². The van der Waals surface area contributed by atoms with Crippen LogP contribution in [-0.4, -0.2) is 36.1 Å². The Morgan fingerprint density at radius 2 is 1.96 bits per heavy atom. The van der Waals surface area contributed by atoms with Crippen LogP contribution in [0.5, 0.6) is 5.75 Å². The van der Waals surface area contributed by atoms with Crippen LogP contribution >= 0.6 is 0 Å². The molecule has 1 aliphatic carbocycles. The van der Waals surface area contributed by atoms with Crippen molar-refractivity contribution in [3.63, 3.8) is 0 Å². The third kappa shape index (κ3) is 6.08. The van der Waals surface area contributed by atoms with E-state index in [1.54, 1.807) is 19.4 Å². The van der Waals surface area contributed by atoms with Crippen molar-refractivity contribution in [3.8, 4) is 5.75 Å². The first-order chi connectivity index (χ1) is 13.7. The summed E-state index contributed by atoms with van der Waals surface area (Å²) in [5, 5.41) is 6.14. The number of methoxy groups -OCH3 is 1. The van der Waals surface area contributed by atoms with Crippen molar-refractivity contribution in [3.05, 3.63) is 59.4 Å². The molecule has 0 fully saturated rings. The second kappa shape index (κ2) is 10.4. The van der Waals surface area contributed by atoms with Crippen molar-refractivity contribution in [2.24, 2.45) is 0 Å². The van der Waals surface area contributed by atoms with Crippen LogP contribution in [0.25, 0.3) is 0 Å². The molecule has 3 rings (SSSR count). The molecule has 148 valence electrons. The lowest BCUT2D eigenvalue weighted by atomic mass is 9.97. The summed E-state index contributed by atoms with van der Waals surface area (Å²) in [5.41, 5.74) is 3.04. The Morgan fingerprint density at radius 1 is 1.11 bits per heavy atom. The second-order valence-corrected chi connectivity index (χ2v) is 6.90. The Morgan fingerprint density at radius 3 is 2.71 bits per heavy atom. The second-order valence-electron chi connectivity index (χ2n) is 6.90. The lowest BCUT2D eigenvalue weighted by Gasteiger charge is -2.13. The van der Waals surface area contributed by atoms with Crippen molar-refractivity contribution >= 4 is 11.9 Å². The van der Waals surface area contributed by atoms with E-state index in [0.29, 0.717) is 24.7 Å². The number of aromatic nitrogens is 2. The topological polar surface area (TPSA) is 76.1 Å². The molecule has 6 heteroatoms. The number of benzene rings is 1. The number of nitrogens with one attached hydrogen (secondary N) is 2. The Bertz CT molecular complexity index is 802. The summed E-state index contributed by atoms with van der Waals surface area (Å²) in [4.78, 5) is 20.9. The average Bonchev–Trinajstić information content (AvgIpc) is 2.75. The fraction of sp³-hybridized carbons (Fsp3) is 0.409. The highest BCUT2D eigenvalue weighted by atomic mass is 16.5. The van der Waals surface area contributed by atoms with E-state index < -0.39 is 0 Å². The predicted molar refractivity (Wildman–Crippen MR) is 111 cm³/mol. The maximum Gasteiger partial charge on any atom is 0.270 e. The zero-order chi connectivity index (χ0) is 19.6. The monoisotopic (exact) mass is 380 g/mol. The molecule has 1 aliphatic rings. The Hall–Kier alpha value is -2.89. The third-order valence-corrected chi connectivity index (χ3v) is 4.86. The summed E-state index contributed by atoms with van der Waals surface area (Å²) in [5.74, 6) is 1.16. The number of anilines is 1. The number of amides is 1. The molecule has 6 nitrogen and oxygen atoms in total. The Balaban J connectivity index is 1.44. The van der Waals surface area contributed by atoms with Crippen LogP contribution in [0, 0.1) is 0 Å². The fourth-order valence-electron chi connectivity index (χ4n) is 3.24. The molecular weight excluding hydrogens is 352 g/mol. The van der Waals surface area contributed by atoms with Crippen LogP contribution in [0.2, 0.25) is 0 Å². The van der Waals surface area contributed by atoms with Gasteiger partial charge >= 0.3 is 0 Å². The van der Waals surface area contributed by atoms with Crippen molar-refractivity contribution < 1.29 is 9.53 Å². The summed E-state index contributed by atoms with van der Waals surface area (Å²) in [7, 11) is 1.66. The molecule has 1 amide bonds. The van der Waals surface area contributed by atoms with Gasteiger partial charge in [0.25, 0.3) is 5.91 Å². The van der Waals surface area contributed by atoms with Gasteiger partial charge in [-0.25, -0.2) is 9.97 Å². The molecule has 0 saturated carbocycles. The molecule has 2 N–H and O–H groups in total. The highest BCUT2D eigenvalue weighted by Gasteiger charge is 2.09. The minimum absolute atomic E-state index is 0.156. The van der Waals surface area contributed by atoms with E-state index in [2.05, 4.69) is 26.7 Å². The van der Waals surface area contributed by atoms with E-state index in [1.165, 1.54) is 30.4 Å². The van der Waals surface area contributed by atoms with Gasteiger partial charge in [-0.05, 0) is 62.3 Å². The van der Waals surface area contributed by atoms with Crippen LogP contribution in [0.15, 0.2) is 48.2 Å². The molecule has 1 aromatic carbocycles. The van der Waals surface area contributed by atoms with Gasteiger partial charge in [0.15, 0.2) is 0 Å². The summed E-state index contributed by atoms with van der Waals surface area (Å²) in [6.45, 7) is 1.33. The SMILES string of the molecule is COc1ccc(CCNc2nccc(C(=O)NCCC3=CCCCC3)n2)cc1. The number of nitrogens with zero attached hydrogens (tertiary/aromatic N) is 2. The van der Waals surface area contributed by atoms with Gasteiger partial charge in [-0.2, -0.15) is 0 Å². The van der Waals surface area contributed by atoms with Gasteiger partial charge in [0, 0.05) is 19.3 Å². The Kier molecular flexibility index (Phi) is 7.41. The van der Waals surface area contributed by atoms with Gasteiger partial charge in [-0.1, -0.05) is 23.8 Å². The third-order valence-electron chi connectivity index (χ3n) is 4.86. The van der Waals surface area contributed by atoms with E-state index in [9.17, 15) is 4.79 Å². The zero-order valence-electron chi connectivity index (χ0n) is 16.4. The molecule has 0 aliphatic heterocycles. The molecule has 0 spiro atoms. The molecule has 0 radical (unpaired) electrons. The van der Waals surface area contributed by atoms with Gasteiger partial charge in [0.2, 0.25) is 5.95 Å². The smallest absolute Gasteiger partial charge is 0.270 e. The zero-order valence-corrected chi connectivity index (χ0v) is 16.4. The number of allylic oxidation sites excluding steroid dienone is 1. The summed E-state index contributed by atoms with van der Waals surface area (Å²) in [6.07, 6.45) is 10.5. The molecule has 2 aromatic rings. The van der Waals surface area contributed by atoms with E-state index >= 15 is 0 Å². The van der Waals surface area contributed by atoms with Crippen LogP contribution in [0.3, 0.4) is 0 Å². The standard InChI is InChI=1S/C22H28N4O2/c1-28-19-9-7-18(8-10-19)12-15-24-22-25-16-13-20(26-22)21(27)23-14-11-17-5-3-2-4-6-17/h5,7-10,13,16H,2-4,6,11-12,14-15H2,1H3,(H,23,27)(H,24,25,26). The van der Waals surface area contributed by atoms with Gasteiger partial charge in [0.05, 0.1) is 7.11 Å². The van der Waals surface area contributed by atoms with Crippen LogP contribution < -0.4 is 15.4 Å². The van der Waals surface area contributed by atoms with Crippen molar-refractivity contribution in [2.75, 3.05) is 25.5 Å². The van der Waals surface area contributed by atoms with Crippen molar-refractivity contribution in [1.29, 1.82) is 0 Å². The van der Waals surface area contributed by atoms with E-state index in [-0.39, 0.29) is 5.91 Å². The highest BCUT2D eigenvalue weighted by Crippen LogP contribution is 2.19. The highest BCUT2D eigenvalue weighted by molar-refractivity contribution is 5.92. The maximum absolute atomic E-state index is 12.3. The quantitative estimate of drug-likeness (QED) is 0.648. The first-order valence-electron chi connectivity index (χ1n) is 9.90. The number of carbonyl (C=O) groups excluding carboxylic acids is 1. The Labute approximate surface area is 166 Å². The molecule has 1 heterocycles. The lowest BCUT2D eigenvalue weighted by molar-refractivity contribution is 0.0949. The molecular formula is C22H28N4O2. The van der Waals surface area contributed by atoms with Crippen LogP contribution in [0.4, 0.5) is 5.95 Å². The fourth-order valence-corrected chi connectivity index (χ4v) is 3.24. The summed E-state index contributed by atoms with van der Waals surface area (Å²) in [6, 6.07) is 9.60. The number of carbonyl (C=O) groups is 1. The van der Waals surface area contributed by atoms with Gasteiger partial charge in [-0.3, -0.25) is 4.79 Å². The first-order valence-corrected chi connectivity index (χ1v) is 9.90. The molecule has 0 unspecified atom stereocenters. The molecule has 0 bridgehead atoms. The van der Waals surface area contributed by atoms with E-state index in [1.807, 2.05) is 24.3 Å². The minimum atomic E-state index is -0.156. The average molecular weight is 380 g/mol. The molecule has 0 saturated heterocycles. The normalized spacial score (nSPS) is 13.5. The molecule has 28 heavy (non-hydrogen) atoms. The number of rotatable bonds is 9. The predicted octanol–water partition coefficient (Wildman–Crippen LogP) is 3.76. The van der Waals surface area contributed by atoms with E-state index in [0.717, 1.165) is 25.0 Å². The first kappa shape index (κ1) is 19.9. The maximum atomic E-state index is 12.3. The van der Waals surface area contributed by atoms with Crippen LogP contribution in [-0.2, 0) is 6.42 Å². The van der Waals surface area contributed by atoms with Crippen molar-refractivity contribution in [1.82, 2.24) is 15.3 Å². The van der Waals surface area contributed by atoms with Gasteiger partial charge < -0.3 is 15.4 Å². The summed E-state index contributed by atoms with van der Waals surface area (Å²) < 4.78 is 5.16. The van der Waals surface area contributed by atoms with Gasteiger partial charge in [0.1, 0.15) is 11.4 Å².